The van der Waals surface area contributed by atoms with Crippen molar-refractivity contribution in [3.05, 3.63) is 35.6 Å². The molecule has 0 atom stereocenters. The molecular formula is C16H20FN3O2. The van der Waals surface area contributed by atoms with Crippen molar-refractivity contribution in [3.8, 4) is 0 Å². The molecule has 0 spiro atoms. The van der Waals surface area contributed by atoms with E-state index in [0.717, 1.165) is 31.7 Å². The fraction of sp³-hybridized carbons (Fsp3) is 0.438. The van der Waals surface area contributed by atoms with Crippen molar-refractivity contribution in [1.82, 2.24) is 10.7 Å². The molecule has 0 aliphatic heterocycles. The van der Waals surface area contributed by atoms with E-state index in [1.54, 1.807) is 6.92 Å². The average Bonchev–Trinajstić information content (AvgIpc) is 2.97. The number of amides is 2. The molecule has 118 valence electrons. The van der Waals surface area contributed by atoms with E-state index in [1.165, 1.54) is 18.2 Å². The van der Waals surface area contributed by atoms with Crippen molar-refractivity contribution >= 4 is 17.5 Å². The molecule has 0 bridgehead atoms. The molecule has 5 nitrogen and oxygen atoms in total. The molecule has 1 saturated carbocycles. The number of nitrogens with zero attached hydrogens (tertiary/aromatic N) is 1. The molecule has 1 aromatic rings. The van der Waals surface area contributed by atoms with Gasteiger partial charge in [-0.2, -0.15) is 5.10 Å². The zero-order chi connectivity index (χ0) is 15.9. The molecule has 1 fully saturated rings. The topological polar surface area (TPSA) is 70.6 Å². The molecule has 2 rings (SSSR count). The summed E-state index contributed by atoms with van der Waals surface area (Å²) in [6.07, 6.45) is 4.50. The second-order valence-corrected chi connectivity index (χ2v) is 5.52. The van der Waals surface area contributed by atoms with Crippen molar-refractivity contribution in [1.29, 1.82) is 0 Å². The Kier molecular flexibility index (Phi) is 5.63. The van der Waals surface area contributed by atoms with Crippen molar-refractivity contribution in [2.24, 2.45) is 5.10 Å². The quantitative estimate of drug-likeness (QED) is 0.647. The number of hydrogen-bond acceptors (Lipinski definition) is 3. The zero-order valence-corrected chi connectivity index (χ0v) is 12.6. The number of hydrogen-bond donors (Lipinski definition) is 2. The van der Waals surface area contributed by atoms with Crippen LogP contribution >= 0.6 is 0 Å². The van der Waals surface area contributed by atoms with Gasteiger partial charge in [-0.25, -0.2) is 9.82 Å². The lowest BCUT2D eigenvalue weighted by molar-refractivity contribution is -0.120. The van der Waals surface area contributed by atoms with Crippen LogP contribution in [-0.2, 0) is 4.79 Å². The van der Waals surface area contributed by atoms with Gasteiger partial charge in [-0.1, -0.05) is 18.9 Å². The number of rotatable bonds is 5. The standard InChI is InChI=1S/C16H20FN3O2/c1-11(9-15(21)18-14-7-2-3-8-14)19-20-16(22)12-5-4-6-13(17)10-12/h4-6,10,14H,2-3,7-9H2,1H3,(H,18,21)(H,20,22)/b19-11+. The van der Waals surface area contributed by atoms with Gasteiger partial charge in [0.25, 0.3) is 5.91 Å². The molecule has 0 unspecified atom stereocenters. The molecule has 1 aliphatic rings. The van der Waals surface area contributed by atoms with Crippen LogP contribution in [0.1, 0.15) is 49.4 Å². The third kappa shape index (κ3) is 4.95. The first kappa shape index (κ1) is 16.1. The van der Waals surface area contributed by atoms with Crippen molar-refractivity contribution in [3.63, 3.8) is 0 Å². The van der Waals surface area contributed by atoms with Gasteiger partial charge < -0.3 is 5.32 Å². The molecule has 0 radical (unpaired) electrons. The van der Waals surface area contributed by atoms with Gasteiger partial charge in [-0.3, -0.25) is 9.59 Å². The van der Waals surface area contributed by atoms with E-state index in [-0.39, 0.29) is 23.9 Å². The van der Waals surface area contributed by atoms with Crippen molar-refractivity contribution < 1.29 is 14.0 Å². The summed E-state index contributed by atoms with van der Waals surface area (Å²) in [6, 6.07) is 5.61. The van der Waals surface area contributed by atoms with Gasteiger partial charge in [0.2, 0.25) is 5.91 Å². The first-order chi connectivity index (χ1) is 10.5. The van der Waals surface area contributed by atoms with Crippen LogP contribution in [0.15, 0.2) is 29.4 Å². The summed E-state index contributed by atoms with van der Waals surface area (Å²) in [5, 5.41) is 6.83. The zero-order valence-electron chi connectivity index (χ0n) is 12.6. The Morgan fingerprint density at radius 1 is 1.32 bits per heavy atom. The highest BCUT2D eigenvalue weighted by atomic mass is 19.1. The first-order valence-electron chi connectivity index (χ1n) is 7.43. The maximum atomic E-state index is 13.0. The van der Waals surface area contributed by atoms with E-state index in [0.29, 0.717) is 5.71 Å². The lowest BCUT2D eigenvalue weighted by Crippen LogP contribution is -2.33. The lowest BCUT2D eigenvalue weighted by Gasteiger charge is -2.11. The minimum Gasteiger partial charge on any atom is -0.353 e. The predicted molar refractivity (Wildman–Crippen MR) is 82.0 cm³/mol. The molecule has 1 aliphatic carbocycles. The van der Waals surface area contributed by atoms with Crippen LogP contribution in [0.25, 0.3) is 0 Å². The first-order valence-corrected chi connectivity index (χ1v) is 7.43. The highest BCUT2D eigenvalue weighted by molar-refractivity contribution is 6.01. The number of carbonyl (C=O) groups excluding carboxylic acids is 2. The minimum absolute atomic E-state index is 0.0897. The fourth-order valence-electron chi connectivity index (χ4n) is 2.46. The third-order valence-electron chi connectivity index (χ3n) is 3.57. The summed E-state index contributed by atoms with van der Waals surface area (Å²) in [5.74, 6) is -1.08. The monoisotopic (exact) mass is 305 g/mol. The van der Waals surface area contributed by atoms with Crippen LogP contribution in [0.2, 0.25) is 0 Å². The van der Waals surface area contributed by atoms with Gasteiger partial charge in [0, 0.05) is 17.3 Å². The molecule has 2 N–H and O–H groups in total. The van der Waals surface area contributed by atoms with Gasteiger partial charge in [0.15, 0.2) is 0 Å². The second kappa shape index (κ2) is 7.68. The molecule has 0 aromatic heterocycles. The molecule has 6 heteroatoms. The summed E-state index contributed by atoms with van der Waals surface area (Å²) in [7, 11) is 0. The van der Waals surface area contributed by atoms with E-state index < -0.39 is 11.7 Å². The van der Waals surface area contributed by atoms with Crippen LogP contribution in [0.5, 0.6) is 0 Å². The van der Waals surface area contributed by atoms with Gasteiger partial charge in [-0.15, -0.1) is 0 Å². The smallest absolute Gasteiger partial charge is 0.271 e. The second-order valence-electron chi connectivity index (χ2n) is 5.52. The van der Waals surface area contributed by atoms with Crippen LogP contribution in [0.4, 0.5) is 4.39 Å². The fourth-order valence-corrected chi connectivity index (χ4v) is 2.46. The Morgan fingerprint density at radius 2 is 2.05 bits per heavy atom. The molecule has 2 amide bonds. The normalized spacial score (nSPS) is 15.6. The Labute approximate surface area is 129 Å². The maximum Gasteiger partial charge on any atom is 0.271 e. The summed E-state index contributed by atoms with van der Waals surface area (Å²) >= 11 is 0. The Bertz CT molecular complexity index is 581. The van der Waals surface area contributed by atoms with E-state index >= 15 is 0 Å². The Morgan fingerprint density at radius 3 is 2.73 bits per heavy atom. The Balaban J connectivity index is 1.81. The predicted octanol–water partition coefficient (Wildman–Crippen LogP) is 2.38. The van der Waals surface area contributed by atoms with Crippen LogP contribution in [0.3, 0.4) is 0 Å². The number of nitrogens with one attached hydrogen (secondary N) is 2. The van der Waals surface area contributed by atoms with E-state index in [1.807, 2.05) is 0 Å². The van der Waals surface area contributed by atoms with E-state index in [4.69, 9.17) is 0 Å². The number of halogens is 1. The third-order valence-corrected chi connectivity index (χ3v) is 3.57. The summed E-state index contributed by atoms with van der Waals surface area (Å²) in [5.41, 5.74) is 3.01. The van der Waals surface area contributed by atoms with Crippen LogP contribution in [0, 0.1) is 5.82 Å². The largest absolute Gasteiger partial charge is 0.353 e. The number of carbonyl (C=O) groups is 2. The Hall–Kier alpha value is -2.24. The van der Waals surface area contributed by atoms with Crippen molar-refractivity contribution in [2.45, 2.75) is 45.1 Å². The lowest BCUT2D eigenvalue weighted by atomic mass is 10.2. The SMILES string of the molecule is C/C(CC(=O)NC1CCCC1)=N\NC(=O)c1cccc(F)c1. The average molecular weight is 305 g/mol. The van der Waals surface area contributed by atoms with Gasteiger partial charge in [0.1, 0.15) is 5.82 Å². The van der Waals surface area contributed by atoms with Gasteiger partial charge in [-0.05, 0) is 38.0 Å². The summed E-state index contributed by atoms with van der Waals surface area (Å²) in [6.45, 7) is 1.67. The summed E-state index contributed by atoms with van der Waals surface area (Å²) < 4.78 is 13.0. The van der Waals surface area contributed by atoms with E-state index in [9.17, 15) is 14.0 Å². The minimum atomic E-state index is -0.505. The van der Waals surface area contributed by atoms with E-state index in [2.05, 4.69) is 15.8 Å². The molecule has 0 saturated heterocycles. The molecule has 0 heterocycles. The number of benzene rings is 1. The van der Waals surface area contributed by atoms with Gasteiger partial charge >= 0.3 is 0 Å². The molecule has 1 aromatic carbocycles. The maximum absolute atomic E-state index is 13.0. The van der Waals surface area contributed by atoms with Crippen LogP contribution < -0.4 is 10.7 Å². The summed E-state index contributed by atoms with van der Waals surface area (Å²) in [4.78, 5) is 23.6. The van der Waals surface area contributed by atoms with Gasteiger partial charge in [0.05, 0.1) is 6.42 Å². The molecular weight excluding hydrogens is 285 g/mol. The van der Waals surface area contributed by atoms with Crippen molar-refractivity contribution in [2.75, 3.05) is 0 Å². The number of hydrazone groups is 1. The highest BCUT2D eigenvalue weighted by Crippen LogP contribution is 2.17. The highest BCUT2D eigenvalue weighted by Gasteiger charge is 2.17. The van der Waals surface area contributed by atoms with Crippen LogP contribution in [-0.4, -0.2) is 23.6 Å². The molecule has 22 heavy (non-hydrogen) atoms.